The standard InChI is InChI=1S/C24H27Cl2FN2O2S/c1-16(24(31)28-21-4-2-3-5-21)29(13-17-6-10-20(27)11-7-17)23(30)15-32-14-18-8-9-19(25)12-22(18)26/h6-12,16,21H,2-5,13-15H2,1H3,(H,28,31)/t16-/m0/s1. The van der Waals surface area contributed by atoms with Crippen LogP contribution in [0.3, 0.4) is 0 Å². The molecular weight excluding hydrogens is 470 g/mol. The minimum Gasteiger partial charge on any atom is -0.352 e. The zero-order valence-corrected chi connectivity index (χ0v) is 20.3. The first-order valence-corrected chi connectivity index (χ1v) is 12.6. The summed E-state index contributed by atoms with van der Waals surface area (Å²) in [6.07, 6.45) is 4.17. The van der Waals surface area contributed by atoms with Gasteiger partial charge in [0.25, 0.3) is 0 Å². The van der Waals surface area contributed by atoms with Gasteiger partial charge in [0.15, 0.2) is 0 Å². The molecule has 0 aromatic heterocycles. The molecule has 2 aromatic rings. The van der Waals surface area contributed by atoms with Gasteiger partial charge in [-0.3, -0.25) is 9.59 Å². The SMILES string of the molecule is C[C@@H](C(=O)NC1CCCC1)N(Cc1ccc(F)cc1)C(=O)CSCc1ccc(Cl)cc1Cl. The lowest BCUT2D eigenvalue weighted by Gasteiger charge is -2.29. The van der Waals surface area contributed by atoms with Gasteiger partial charge in [0.2, 0.25) is 11.8 Å². The number of hydrogen-bond donors (Lipinski definition) is 1. The summed E-state index contributed by atoms with van der Waals surface area (Å²) in [5.74, 6) is 0.0985. The molecule has 2 aromatic carbocycles. The lowest BCUT2D eigenvalue weighted by atomic mass is 10.1. The van der Waals surface area contributed by atoms with E-state index in [-0.39, 0.29) is 36.0 Å². The van der Waals surface area contributed by atoms with E-state index in [1.165, 1.54) is 23.9 Å². The molecule has 2 amide bonds. The van der Waals surface area contributed by atoms with Crippen molar-refractivity contribution < 1.29 is 14.0 Å². The largest absolute Gasteiger partial charge is 0.352 e. The van der Waals surface area contributed by atoms with Crippen molar-refractivity contribution in [1.29, 1.82) is 0 Å². The fourth-order valence-corrected chi connectivity index (χ4v) is 5.20. The highest BCUT2D eigenvalue weighted by molar-refractivity contribution is 7.99. The molecule has 1 aliphatic rings. The smallest absolute Gasteiger partial charge is 0.242 e. The van der Waals surface area contributed by atoms with Crippen molar-refractivity contribution in [3.8, 4) is 0 Å². The number of halogens is 3. The first-order chi connectivity index (χ1) is 15.3. The van der Waals surface area contributed by atoms with E-state index in [1.54, 1.807) is 36.1 Å². The van der Waals surface area contributed by atoms with Crippen molar-refractivity contribution in [2.75, 3.05) is 5.75 Å². The molecule has 1 atom stereocenters. The summed E-state index contributed by atoms with van der Waals surface area (Å²) < 4.78 is 13.3. The fourth-order valence-electron chi connectivity index (χ4n) is 3.73. The van der Waals surface area contributed by atoms with Gasteiger partial charge in [-0.1, -0.05) is 54.2 Å². The average Bonchev–Trinajstić information content (AvgIpc) is 3.27. The number of carbonyl (C=O) groups excluding carboxylic acids is 2. The zero-order chi connectivity index (χ0) is 23.1. The molecule has 3 rings (SSSR count). The summed E-state index contributed by atoms with van der Waals surface area (Å²) in [5, 5.41) is 4.20. The summed E-state index contributed by atoms with van der Waals surface area (Å²) in [6, 6.07) is 10.8. The molecule has 0 spiro atoms. The van der Waals surface area contributed by atoms with E-state index in [2.05, 4.69) is 5.32 Å². The summed E-state index contributed by atoms with van der Waals surface area (Å²) in [6.45, 7) is 1.98. The van der Waals surface area contributed by atoms with E-state index in [1.807, 2.05) is 6.07 Å². The summed E-state index contributed by atoms with van der Waals surface area (Å²) in [4.78, 5) is 27.5. The fraction of sp³-hybridized carbons (Fsp3) is 0.417. The van der Waals surface area contributed by atoms with Crippen LogP contribution in [0.25, 0.3) is 0 Å². The molecule has 1 fully saturated rings. The molecule has 0 aliphatic heterocycles. The Labute approximate surface area is 202 Å². The molecular formula is C24H27Cl2FN2O2S. The van der Waals surface area contributed by atoms with Crippen LogP contribution in [0.4, 0.5) is 4.39 Å². The molecule has 1 N–H and O–H groups in total. The summed E-state index contributed by atoms with van der Waals surface area (Å²) in [7, 11) is 0. The maximum Gasteiger partial charge on any atom is 0.242 e. The van der Waals surface area contributed by atoms with Crippen LogP contribution in [0, 0.1) is 5.82 Å². The minimum absolute atomic E-state index is 0.154. The third-order valence-electron chi connectivity index (χ3n) is 5.63. The van der Waals surface area contributed by atoms with Gasteiger partial charge in [0.1, 0.15) is 11.9 Å². The van der Waals surface area contributed by atoms with Gasteiger partial charge < -0.3 is 10.2 Å². The maximum absolute atomic E-state index is 13.3. The van der Waals surface area contributed by atoms with Crippen LogP contribution in [-0.2, 0) is 21.9 Å². The molecule has 0 radical (unpaired) electrons. The Morgan fingerprint density at radius 1 is 1.16 bits per heavy atom. The van der Waals surface area contributed by atoms with Crippen LogP contribution in [0.2, 0.25) is 10.0 Å². The number of hydrogen-bond acceptors (Lipinski definition) is 3. The van der Waals surface area contributed by atoms with Gasteiger partial charge in [-0.05, 0) is 55.2 Å². The van der Waals surface area contributed by atoms with E-state index < -0.39 is 6.04 Å². The topological polar surface area (TPSA) is 49.4 Å². The predicted octanol–water partition coefficient (Wildman–Crippen LogP) is 5.84. The van der Waals surface area contributed by atoms with Gasteiger partial charge in [-0.15, -0.1) is 11.8 Å². The molecule has 1 aliphatic carbocycles. The number of rotatable bonds is 9. The molecule has 0 heterocycles. The lowest BCUT2D eigenvalue weighted by Crippen LogP contribution is -2.50. The van der Waals surface area contributed by atoms with Crippen molar-refractivity contribution in [1.82, 2.24) is 10.2 Å². The molecule has 1 saturated carbocycles. The lowest BCUT2D eigenvalue weighted by molar-refractivity contribution is -0.138. The number of amides is 2. The van der Waals surface area contributed by atoms with E-state index in [0.29, 0.717) is 15.8 Å². The van der Waals surface area contributed by atoms with Crippen molar-refractivity contribution in [3.05, 3.63) is 69.5 Å². The van der Waals surface area contributed by atoms with Crippen molar-refractivity contribution in [2.45, 2.75) is 57.0 Å². The molecule has 0 saturated heterocycles. The Bertz CT molecular complexity index is 936. The third kappa shape index (κ3) is 7.12. The number of nitrogens with one attached hydrogen (secondary N) is 1. The van der Waals surface area contributed by atoms with Crippen molar-refractivity contribution in [3.63, 3.8) is 0 Å². The Kier molecular flexibility index (Phi) is 9.26. The second-order valence-electron chi connectivity index (χ2n) is 8.04. The zero-order valence-electron chi connectivity index (χ0n) is 18.0. The summed E-state index contributed by atoms with van der Waals surface area (Å²) >= 11 is 13.6. The van der Waals surface area contributed by atoms with Crippen LogP contribution >= 0.6 is 35.0 Å². The normalized spacial score (nSPS) is 14.9. The Morgan fingerprint density at radius 2 is 1.84 bits per heavy atom. The van der Waals surface area contributed by atoms with Crippen molar-refractivity contribution in [2.24, 2.45) is 0 Å². The number of carbonyl (C=O) groups is 2. The van der Waals surface area contributed by atoms with E-state index in [4.69, 9.17) is 23.2 Å². The van der Waals surface area contributed by atoms with Crippen LogP contribution in [0.5, 0.6) is 0 Å². The minimum atomic E-state index is -0.632. The molecule has 0 unspecified atom stereocenters. The van der Waals surface area contributed by atoms with Gasteiger partial charge in [0.05, 0.1) is 5.75 Å². The highest BCUT2D eigenvalue weighted by Gasteiger charge is 2.28. The summed E-state index contributed by atoms with van der Waals surface area (Å²) in [5.41, 5.74) is 1.66. The maximum atomic E-state index is 13.3. The highest BCUT2D eigenvalue weighted by Crippen LogP contribution is 2.25. The predicted molar refractivity (Wildman–Crippen MR) is 129 cm³/mol. The molecule has 32 heavy (non-hydrogen) atoms. The van der Waals surface area contributed by atoms with E-state index in [9.17, 15) is 14.0 Å². The third-order valence-corrected chi connectivity index (χ3v) is 7.19. The first kappa shape index (κ1) is 24.9. The Hall–Kier alpha value is -1.76. The Balaban J connectivity index is 1.66. The monoisotopic (exact) mass is 496 g/mol. The van der Waals surface area contributed by atoms with E-state index in [0.717, 1.165) is 36.8 Å². The molecule has 172 valence electrons. The van der Waals surface area contributed by atoms with Gasteiger partial charge in [-0.25, -0.2) is 4.39 Å². The van der Waals surface area contributed by atoms with Crippen LogP contribution in [-0.4, -0.2) is 34.6 Å². The second kappa shape index (κ2) is 11.9. The van der Waals surface area contributed by atoms with Gasteiger partial charge >= 0.3 is 0 Å². The number of benzene rings is 2. The second-order valence-corrected chi connectivity index (χ2v) is 9.87. The van der Waals surface area contributed by atoms with Crippen LogP contribution in [0.1, 0.15) is 43.7 Å². The van der Waals surface area contributed by atoms with Gasteiger partial charge in [0, 0.05) is 28.4 Å². The average molecular weight is 497 g/mol. The number of thioether (sulfide) groups is 1. The molecule has 4 nitrogen and oxygen atoms in total. The Morgan fingerprint density at radius 3 is 2.50 bits per heavy atom. The highest BCUT2D eigenvalue weighted by atomic mass is 35.5. The van der Waals surface area contributed by atoms with Gasteiger partial charge in [-0.2, -0.15) is 0 Å². The van der Waals surface area contributed by atoms with Crippen LogP contribution in [0.15, 0.2) is 42.5 Å². The first-order valence-electron chi connectivity index (χ1n) is 10.7. The van der Waals surface area contributed by atoms with Crippen molar-refractivity contribution >= 4 is 46.8 Å². The van der Waals surface area contributed by atoms with Crippen LogP contribution < -0.4 is 5.32 Å². The number of nitrogens with zero attached hydrogens (tertiary/aromatic N) is 1. The quantitative estimate of drug-likeness (QED) is 0.474. The molecule has 8 heteroatoms. The molecule has 0 bridgehead atoms. The van der Waals surface area contributed by atoms with E-state index >= 15 is 0 Å².